The Balaban J connectivity index is 2.67. The van der Waals surface area contributed by atoms with Gasteiger partial charge in [0.1, 0.15) is 11.9 Å². The summed E-state index contributed by atoms with van der Waals surface area (Å²) in [5.74, 6) is -1.14. The third-order valence-corrected chi connectivity index (χ3v) is 2.66. The maximum atomic E-state index is 13.5. The molecule has 0 bridgehead atoms. The van der Waals surface area contributed by atoms with Gasteiger partial charge in [0.15, 0.2) is 11.6 Å². The van der Waals surface area contributed by atoms with Crippen molar-refractivity contribution in [2.24, 2.45) is 0 Å². The van der Waals surface area contributed by atoms with E-state index in [2.05, 4.69) is 33.0 Å². The molecule has 1 N–H and O–H groups in total. The number of rotatable bonds is 6. The molecule has 0 aliphatic rings. The molecule has 1 atom stereocenters. The summed E-state index contributed by atoms with van der Waals surface area (Å²) in [5, 5.41) is 3.34. The number of hydrogen-bond acceptors (Lipinski definition) is 2. The van der Waals surface area contributed by atoms with E-state index in [1.165, 1.54) is 12.1 Å². The van der Waals surface area contributed by atoms with Gasteiger partial charge in [-0.3, -0.25) is 0 Å². The quantitative estimate of drug-likeness (QED) is 0.847. The molecule has 0 amide bonds. The predicted octanol–water partition coefficient (Wildman–Crippen LogP) is 3.90. The Morgan fingerprint density at radius 3 is 2.47 bits per heavy atom. The van der Waals surface area contributed by atoms with Gasteiger partial charge < -0.3 is 10.1 Å². The molecule has 0 radical (unpaired) electrons. The van der Waals surface area contributed by atoms with Crippen molar-refractivity contribution in [3.8, 4) is 5.75 Å². The van der Waals surface area contributed by atoms with Gasteiger partial charge in [-0.05, 0) is 39.3 Å². The summed E-state index contributed by atoms with van der Waals surface area (Å²) < 4.78 is 32.0. The number of halogens is 2. The minimum atomic E-state index is -0.656. The molecule has 0 aliphatic heterocycles. The molecule has 1 aromatic rings. The third-order valence-electron chi connectivity index (χ3n) is 2.66. The Hall–Kier alpha value is -1.16. The van der Waals surface area contributed by atoms with Gasteiger partial charge in [-0.25, -0.2) is 8.78 Å². The highest BCUT2D eigenvalue weighted by Gasteiger charge is 2.16. The number of benzene rings is 1. The fraction of sp³-hybridized carbons (Fsp3) is 0.600. The fourth-order valence-electron chi connectivity index (χ4n) is 1.69. The second-order valence-corrected chi connectivity index (χ2v) is 5.73. The smallest absolute Gasteiger partial charge is 0.167 e. The van der Waals surface area contributed by atoms with E-state index in [-0.39, 0.29) is 17.4 Å². The van der Waals surface area contributed by atoms with Crippen molar-refractivity contribution in [3.05, 3.63) is 29.8 Å². The first-order valence-electron chi connectivity index (χ1n) is 6.68. The number of nitrogens with one attached hydrogen (secondary N) is 1. The maximum absolute atomic E-state index is 13.5. The van der Waals surface area contributed by atoms with Crippen LogP contribution in [0.5, 0.6) is 5.75 Å². The van der Waals surface area contributed by atoms with E-state index in [1.54, 1.807) is 0 Å². The van der Waals surface area contributed by atoms with E-state index >= 15 is 0 Å². The lowest BCUT2D eigenvalue weighted by molar-refractivity contribution is 0.168. The zero-order valence-electron chi connectivity index (χ0n) is 12.1. The van der Waals surface area contributed by atoms with Crippen LogP contribution in [0.25, 0.3) is 0 Å². The molecule has 0 spiro atoms. The van der Waals surface area contributed by atoms with Crippen molar-refractivity contribution < 1.29 is 13.5 Å². The SMILES string of the molecule is CCCC(CNC(C)(C)C)Oc1ccc(F)cc1F. The van der Waals surface area contributed by atoms with Crippen LogP contribution in [0, 0.1) is 11.6 Å². The van der Waals surface area contributed by atoms with Crippen molar-refractivity contribution in [3.63, 3.8) is 0 Å². The second-order valence-electron chi connectivity index (χ2n) is 5.73. The van der Waals surface area contributed by atoms with Crippen molar-refractivity contribution in [2.45, 2.75) is 52.2 Å². The minimum Gasteiger partial charge on any atom is -0.486 e. The van der Waals surface area contributed by atoms with Crippen LogP contribution in [0.1, 0.15) is 40.5 Å². The van der Waals surface area contributed by atoms with Crippen LogP contribution in [-0.4, -0.2) is 18.2 Å². The average Bonchev–Trinajstić information content (AvgIpc) is 2.28. The van der Waals surface area contributed by atoms with Crippen LogP contribution in [-0.2, 0) is 0 Å². The first-order valence-corrected chi connectivity index (χ1v) is 6.68. The van der Waals surface area contributed by atoms with E-state index in [9.17, 15) is 8.78 Å². The summed E-state index contributed by atoms with van der Waals surface area (Å²) in [6, 6.07) is 3.39. The average molecular weight is 271 g/mol. The largest absolute Gasteiger partial charge is 0.486 e. The molecule has 0 saturated carbocycles. The van der Waals surface area contributed by atoms with Crippen molar-refractivity contribution in [2.75, 3.05) is 6.54 Å². The number of hydrogen-bond donors (Lipinski definition) is 1. The van der Waals surface area contributed by atoms with Crippen LogP contribution in [0.2, 0.25) is 0 Å². The lowest BCUT2D eigenvalue weighted by atomic mass is 10.1. The van der Waals surface area contributed by atoms with Crippen LogP contribution in [0.15, 0.2) is 18.2 Å². The van der Waals surface area contributed by atoms with Gasteiger partial charge in [-0.2, -0.15) is 0 Å². The van der Waals surface area contributed by atoms with Gasteiger partial charge in [0.05, 0.1) is 0 Å². The Bertz CT molecular complexity index is 402. The van der Waals surface area contributed by atoms with Crippen LogP contribution < -0.4 is 10.1 Å². The molecule has 0 fully saturated rings. The van der Waals surface area contributed by atoms with Crippen LogP contribution in [0.4, 0.5) is 8.78 Å². The molecule has 0 aliphatic carbocycles. The highest BCUT2D eigenvalue weighted by Crippen LogP contribution is 2.20. The molecule has 2 nitrogen and oxygen atoms in total. The first kappa shape index (κ1) is 15.9. The lowest BCUT2D eigenvalue weighted by Gasteiger charge is -2.26. The molecular formula is C15H23F2NO. The van der Waals surface area contributed by atoms with E-state index < -0.39 is 11.6 Å². The molecule has 1 rings (SSSR count). The highest BCUT2D eigenvalue weighted by atomic mass is 19.1. The monoisotopic (exact) mass is 271 g/mol. The first-order chi connectivity index (χ1) is 8.81. The van der Waals surface area contributed by atoms with Gasteiger partial charge >= 0.3 is 0 Å². The molecular weight excluding hydrogens is 248 g/mol. The summed E-state index contributed by atoms with van der Waals surface area (Å²) in [4.78, 5) is 0. The van der Waals surface area contributed by atoms with Gasteiger partial charge in [0.25, 0.3) is 0 Å². The summed E-state index contributed by atoms with van der Waals surface area (Å²) in [6.07, 6.45) is 1.64. The number of ether oxygens (including phenoxy) is 1. The molecule has 19 heavy (non-hydrogen) atoms. The minimum absolute atomic E-state index is 0.0172. The molecule has 0 saturated heterocycles. The molecule has 108 valence electrons. The van der Waals surface area contributed by atoms with Crippen LogP contribution >= 0.6 is 0 Å². The predicted molar refractivity (Wildman–Crippen MR) is 73.4 cm³/mol. The fourth-order valence-corrected chi connectivity index (χ4v) is 1.69. The third kappa shape index (κ3) is 6.01. The standard InChI is InChI=1S/C15H23F2NO/c1-5-6-12(10-18-15(2,3)4)19-14-8-7-11(16)9-13(14)17/h7-9,12,18H,5-6,10H2,1-4H3. The maximum Gasteiger partial charge on any atom is 0.167 e. The zero-order chi connectivity index (χ0) is 14.5. The highest BCUT2D eigenvalue weighted by molar-refractivity contribution is 5.24. The van der Waals surface area contributed by atoms with Gasteiger partial charge in [0.2, 0.25) is 0 Å². The van der Waals surface area contributed by atoms with Gasteiger partial charge in [-0.1, -0.05) is 13.3 Å². The summed E-state index contributed by atoms with van der Waals surface area (Å²) >= 11 is 0. The Morgan fingerprint density at radius 2 is 1.95 bits per heavy atom. The molecule has 4 heteroatoms. The van der Waals surface area contributed by atoms with Gasteiger partial charge in [0, 0.05) is 18.2 Å². The molecule has 0 aromatic heterocycles. The second kappa shape index (κ2) is 6.85. The van der Waals surface area contributed by atoms with Crippen LogP contribution in [0.3, 0.4) is 0 Å². The van der Waals surface area contributed by atoms with E-state index in [0.29, 0.717) is 6.54 Å². The summed E-state index contributed by atoms with van der Waals surface area (Å²) in [5.41, 5.74) is -0.0172. The molecule has 1 aromatic carbocycles. The van der Waals surface area contributed by atoms with Crippen molar-refractivity contribution >= 4 is 0 Å². The normalized spacial score (nSPS) is 13.4. The molecule has 0 heterocycles. The zero-order valence-corrected chi connectivity index (χ0v) is 12.1. The Morgan fingerprint density at radius 1 is 1.26 bits per heavy atom. The summed E-state index contributed by atoms with van der Waals surface area (Å²) in [6.45, 7) is 8.88. The van der Waals surface area contributed by atoms with Gasteiger partial charge in [-0.15, -0.1) is 0 Å². The van der Waals surface area contributed by atoms with E-state index in [4.69, 9.17) is 4.74 Å². The summed E-state index contributed by atoms with van der Waals surface area (Å²) in [7, 11) is 0. The topological polar surface area (TPSA) is 21.3 Å². The lowest BCUT2D eigenvalue weighted by Crippen LogP contribution is -2.42. The van der Waals surface area contributed by atoms with E-state index in [0.717, 1.165) is 18.9 Å². The van der Waals surface area contributed by atoms with Crippen molar-refractivity contribution in [1.29, 1.82) is 0 Å². The van der Waals surface area contributed by atoms with Crippen molar-refractivity contribution in [1.82, 2.24) is 5.32 Å². The Kier molecular flexibility index (Phi) is 5.73. The Labute approximate surface area is 114 Å². The van der Waals surface area contributed by atoms with E-state index in [1.807, 2.05) is 0 Å². The molecule has 1 unspecified atom stereocenters.